The van der Waals surface area contributed by atoms with Gasteiger partial charge in [-0.05, 0) is 30.7 Å². The highest BCUT2D eigenvalue weighted by Gasteiger charge is 1.97. The fourth-order valence-electron chi connectivity index (χ4n) is 1.47. The van der Waals surface area contributed by atoms with Crippen molar-refractivity contribution in [1.29, 1.82) is 0 Å². The Morgan fingerprint density at radius 1 is 1.24 bits per heavy atom. The quantitative estimate of drug-likeness (QED) is 0.740. The Bertz CT molecular complexity index is 504. The Balaban J connectivity index is 2.08. The van der Waals surface area contributed by atoms with Gasteiger partial charge in [-0.25, -0.2) is 4.39 Å². The van der Waals surface area contributed by atoms with Crippen molar-refractivity contribution in [3.8, 4) is 0 Å². The van der Waals surface area contributed by atoms with Crippen molar-refractivity contribution in [2.24, 2.45) is 4.99 Å². The van der Waals surface area contributed by atoms with Crippen LogP contribution in [0.2, 0.25) is 0 Å². The summed E-state index contributed by atoms with van der Waals surface area (Å²) in [6, 6.07) is 10.2. The van der Waals surface area contributed by atoms with Crippen LogP contribution in [0.1, 0.15) is 18.1 Å². The lowest BCUT2D eigenvalue weighted by atomic mass is 10.2. The van der Waals surface area contributed by atoms with Crippen LogP contribution in [-0.2, 0) is 6.54 Å². The second-order valence-corrected chi connectivity index (χ2v) is 3.77. The zero-order valence-corrected chi connectivity index (χ0v) is 9.60. The van der Waals surface area contributed by atoms with E-state index < -0.39 is 0 Å². The van der Waals surface area contributed by atoms with E-state index in [1.54, 1.807) is 24.5 Å². The maximum Gasteiger partial charge on any atom is 0.123 e. The standard InChI is InChI=1S/C14H13FN2/c1-11(13-3-2-8-16-10-13)17-9-12-4-6-14(15)7-5-12/h2-8,10H,9H2,1H3. The summed E-state index contributed by atoms with van der Waals surface area (Å²) in [5.74, 6) is -0.221. The van der Waals surface area contributed by atoms with Crippen molar-refractivity contribution in [1.82, 2.24) is 4.98 Å². The van der Waals surface area contributed by atoms with Gasteiger partial charge in [0.15, 0.2) is 0 Å². The summed E-state index contributed by atoms with van der Waals surface area (Å²) < 4.78 is 12.7. The molecule has 0 unspecified atom stereocenters. The monoisotopic (exact) mass is 228 g/mol. The molecule has 17 heavy (non-hydrogen) atoms. The lowest BCUT2D eigenvalue weighted by Gasteiger charge is -2.01. The molecule has 0 aliphatic rings. The van der Waals surface area contributed by atoms with Crippen LogP contribution < -0.4 is 0 Å². The maximum absolute atomic E-state index is 12.7. The first kappa shape index (κ1) is 11.5. The fraction of sp³-hybridized carbons (Fsp3) is 0.143. The molecule has 2 aromatic rings. The van der Waals surface area contributed by atoms with Gasteiger partial charge in [0.25, 0.3) is 0 Å². The molecule has 0 spiro atoms. The van der Waals surface area contributed by atoms with Crippen LogP contribution in [0.15, 0.2) is 53.8 Å². The van der Waals surface area contributed by atoms with Gasteiger partial charge in [-0.1, -0.05) is 18.2 Å². The topological polar surface area (TPSA) is 25.2 Å². The summed E-state index contributed by atoms with van der Waals surface area (Å²) in [5, 5.41) is 0. The van der Waals surface area contributed by atoms with Crippen LogP contribution in [0.25, 0.3) is 0 Å². The van der Waals surface area contributed by atoms with Gasteiger partial charge in [0.05, 0.1) is 6.54 Å². The van der Waals surface area contributed by atoms with Crippen LogP contribution in [0.4, 0.5) is 4.39 Å². The molecule has 0 atom stereocenters. The van der Waals surface area contributed by atoms with Crippen molar-refractivity contribution in [3.05, 3.63) is 65.7 Å². The smallest absolute Gasteiger partial charge is 0.123 e. The van der Waals surface area contributed by atoms with Gasteiger partial charge in [0.1, 0.15) is 5.82 Å². The number of hydrogen-bond donors (Lipinski definition) is 0. The van der Waals surface area contributed by atoms with Crippen LogP contribution >= 0.6 is 0 Å². The molecule has 0 aliphatic carbocycles. The van der Waals surface area contributed by atoms with Crippen LogP contribution in [0.5, 0.6) is 0 Å². The largest absolute Gasteiger partial charge is 0.285 e. The van der Waals surface area contributed by atoms with E-state index in [1.807, 2.05) is 19.1 Å². The summed E-state index contributed by atoms with van der Waals surface area (Å²) >= 11 is 0. The van der Waals surface area contributed by atoms with Crippen LogP contribution in [0, 0.1) is 5.82 Å². The zero-order chi connectivity index (χ0) is 12.1. The molecule has 1 heterocycles. The number of nitrogens with zero attached hydrogens (tertiary/aromatic N) is 2. The molecule has 0 fully saturated rings. The molecule has 0 aliphatic heterocycles. The van der Waals surface area contributed by atoms with Crippen molar-refractivity contribution in [2.75, 3.05) is 0 Å². The third-order valence-corrected chi connectivity index (χ3v) is 2.49. The average molecular weight is 228 g/mol. The zero-order valence-electron chi connectivity index (χ0n) is 9.60. The molecule has 0 saturated carbocycles. The lowest BCUT2D eigenvalue weighted by molar-refractivity contribution is 0.627. The predicted molar refractivity (Wildman–Crippen MR) is 66.6 cm³/mol. The molecule has 0 N–H and O–H groups in total. The number of halogens is 1. The van der Waals surface area contributed by atoms with E-state index in [2.05, 4.69) is 9.98 Å². The fourth-order valence-corrected chi connectivity index (χ4v) is 1.47. The Morgan fingerprint density at radius 2 is 2.00 bits per heavy atom. The number of hydrogen-bond acceptors (Lipinski definition) is 2. The van der Waals surface area contributed by atoms with Crippen molar-refractivity contribution in [2.45, 2.75) is 13.5 Å². The van der Waals surface area contributed by atoms with E-state index in [0.717, 1.165) is 16.8 Å². The van der Waals surface area contributed by atoms with Gasteiger partial charge in [0.2, 0.25) is 0 Å². The van der Waals surface area contributed by atoms with E-state index >= 15 is 0 Å². The first-order valence-corrected chi connectivity index (χ1v) is 5.41. The number of pyridine rings is 1. The summed E-state index contributed by atoms with van der Waals surface area (Å²) in [4.78, 5) is 8.49. The van der Waals surface area contributed by atoms with E-state index in [4.69, 9.17) is 0 Å². The molecule has 2 rings (SSSR count). The molecule has 0 amide bonds. The first-order valence-electron chi connectivity index (χ1n) is 5.41. The lowest BCUT2D eigenvalue weighted by Crippen LogP contribution is -1.96. The van der Waals surface area contributed by atoms with E-state index in [0.29, 0.717) is 6.54 Å². The second-order valence-electron chi connectivity index (χ2n) is 3.77. The normalized spacial score (nSPS) is 11.5. The van der Waals surface area contributed by atoms with E-state index in [-0.39, 0.29) is 5.82 Å². The van der Waals surface area contributed by atoms with Gasteiger partial charge in [-0.3, -0.25) is 9.98 Å². The Kier molecular flexibility index (Phi) is 3.60. The van der Waals surface area contributed by atoms with Gasteiger partial charge >= 0.3 is 0 Å². The minimum Gasteiger partial charge on any atom is -0.285 e. The summed E-state index contributed by atoms with van der Waals surface area (Å²) in [6.07, 6.45) is 3.51. The van der Waals surface area contributed by atoms with Gasteiger partial charge in [-0.2, -0.15) is 0 Å². The molecular formula is C14H13FN2. The summed E-state index contributed by atoms with van der Waals surface area (Å²) in [7, 11) is 0. The maximum atomic E-state index is 12.7. The number of aliphatic imine (C=N–C) groups is 1. The van der Waals surface area contributed by atoms with E-state index in [1.165, 1.54) is 12.1 Å². The molecule has 0 bridgehead atoms. The third-order valence-electron chi connectivity index (χ3n) is 2.49. The molecule has 86 valence electrons. The summed E-state index contributed by atoms with van der Waals surface area (Å²) in [6.45, 7) is 2.50. The highest BCUT2D eigenvalue weighted by Crippen LogP contribution is 2.06. The molecular weight excluding hydrogens is 215 g/mol. The Hall–Kier alpha value is -2.03. The number of rotatable bonds is 3. The van der Waals surface area contributed by atoms with Crippen LogP contribution in [-0.4, -0.2) is 10.7 Å². The van der Waals surface area contributed by atoms with Crippen molar-refractivity contribution in [3.63, 3.8) is 0 Å². The number of benzene rings is 1. The molecule has 2 nitrogen and oxygen atoms in total. The third kappa shape index (κ3) is 3.21. The Morgan fingerprint density at radius 3 is 2.65 bits per heavy atom. The van der Waals surface area contributed by atoms with Gasteiger partial charge in [0, 0.05) is 23.7 Å². The summed E-state index contributed by atoms with van der Waals surface area (Å²) in [5.41, 5.74) is 2.94. The number of aromatic nitrogens is 1. The molecule has 0 saturated heterocycles. The minimum absolute atomic E-state index is 0.221. The first-order chi connectivity index (χ1) is 8.25. The molecule has 1 aromatic heterocycles. The SMILES string of the molecule is CC(=NCc1ccc(F)cc1)c1cccnc1. The minimum atomic E-state index is -0.221. The Labute approximate surface area is 99.9 Å². The molecule has 1 aromatic carbocycles. The second kappa shape index (κ2) is 5.34. The van der Waals surface area contributed by atoms with Gasteiger partial charge in [-0.15, -0.1) is 0 Å². The van der Waals surface area contributed by atoms with Crippen molar-refractivity contribution >= 4 is 5.71 Å². The average Bonchev–Trinajstić information content (AvgIpc) is 2.39. The molecule has 0 radical (unpaired) electrons. The van der Waals surface area contributed by atoms with Gasteiger partial charge < -0.3 is 0 Å². The van der Waals surface area contributed by atoms with E-state index in [9.17, 15) is 4.39 Å². The highest BCUT2D eigenvalue weighted by molar-refractivity contribution is 5.98. The highest BCUT2D eigenvalue weighted by atomic mass is 19.1. The van der Waals surface area contributed by atoms with Crippen LogP contribution in [0.3, 0.4) is 0 Å². The molecule has 3 heteroatoms. The van der Waals surface area contributed by atoms with Crippen molar-refractivity contribution < 1.29 is 4.39 Å². The predicted octanol–water partition coefficient (Wildman–Crippen LogP) is 3.23.